The second-order valence-electron chi connectivity index (χ2n) is 4.15. The zero-order valence-electron chi connectivity index (χ0n) is 10.3. The molecular formula is C13H19NO3. The van der Waals surface area contributed by atoms with Crippen molar-refractivity contribution < 1.29 is 14.6 Å². The van der Waals surface area contributed by atoms with Crippen LogP contribution < -0.4 is 5.73 Å². The second kappa shape index (κ2) is 5.68. The summed E-state index contributed by atoms with van der Waals surface area (Å²) in [6.07, 6.45) is 0.315. The molecule has 0 amide bonds. The Morgan fingerprint density at radius 2 is 2.24 bits per heavy atom. The molecule has 0 saturated carbocycles. The van der Waals surface area contributed by atoms with Crippen molar-refractivity contribution in [1.29, 1.82) is 0 Å². The Morgan fingerprint density at radius 1 is 1.53 bits per heavy atom. The summed E-state index contributed by atoms with van der Waals surface area (Å²) in [5.41, 5.74) is 6.23. The van der Waals surface area contributed by atoms with Gasteiger partial charge in [0.05, 0.1) is 12.0 Å². The van der Waals surface area contributed by atoms with Gasteiger partial charge in [-0.2, -0.15) is 0 Å². The summed E-state index contributed by atoms with van der Waals surface area (Å²) >= 11 is 0. The predicted octanol–water partition coefficient (Wildman–Crippen LogP) is 1.47. The molecule has 0 aromatic heterocycles. The van der Waals surface area contributed by atoms with Crippen LogP contribution in [0.15, 0.2) is 24.3 Å². The summed E-state index contributed by atoms with van der Waals surface area (Å²) in [4.78, 5) is 12.0. The van der Waals surface area contributed by atoms with Crippen LogP contribution >= 0.6 is 0 Å². The standard InChI is InChI=1S/C13H19NO3/c1-3-17-12(16)13(2,7-8-15)10-5-4-6-11(14)9-10/h4-6,9,15H,3,7-8,14H2,1-2H3. The Kier molecular flexibility index (Phi) is 4.52. The molecule has 1 unspecified atom stereocenters. The Balaban J connectivity index is 3.10. The number of aliphatic hydroxyl groups is 1. The molecule has 94 valence electrons. The first-order valence-corrected chi connectivity index (χ1v) is 5.68. The van der Waals surface area contributed by atoms with Crippen LogP contribution in [0.3, 0.4) is 0 Å². The highest BCUT2D eigenvalue weighted by atomic mass is 16.5. The molecule has 1 atom stereocenters. The van der Waals surface area contributed by atoms with Gasteiger partial charge < -0.3 is 15.6 Å². The van der Waals surface area contributed by atoms with E-state index in [0.29, 0.717) is 18.7 Å². The molecule has 0 fully saturated rings. The number of hydrogen-bond acceptors (Lipinski definition) is 4. The van der Waals surface area contributed by atoms with Crippen LogP contribution in [0, 0.1) is 0 Å². The van der Waals surface area contributed by atoms with Crippen molar-refractivity contribution in [3.8, 4) is 0 Å². The van der Waals surface area contributed by atoms with E-state index in [9.17, 15) is 4.79 Å². The lowest BCUT2D eigenvalue weighted by Crippen LogP contribution is -2.35. The maximum absolute atomic E-state index is 12.0. The molecule has 0 spiro atoms. The summed E-state index contributed by atoms with van der Waals surface area (Å²) in [7, 11) is 0. The number of nitrogen functional groups attached to an aromatic ring is 1. The third-order valence-corrected chi connectivity index (χ3v) is 2.86. The van der Waals surface area contributed by atoms with E-state index in [1.165, 1.54) is 0 Å². The molecule has 3 N–H and O–H groups in total. The molecule has 0 saturated heterocycles. The number of anilines is 1. The zero-order chi connectivity index (χ0) is 12.9. The van der Waals surface area contributed by atoms with Gasteiger partial charge in [0.2, 0.25) is 0 Å². The number of benzene rings is 1. The molecule has 4 heteroatoms. The van der Waals surface area contributed by atoms with Crippen molar-refractivity contribution in [3.05, 3.63) is 29.8 Å². The van der Waals surface area contributed by atoms with E-state index in [-0.39, 0.29) is 12.6 Å². The number of carbonyl (C=O) groups is 1. The van der Waals surface area contributed by atoms with Gasteiger partial charge in [-0.05, 0) is 38.0 Å². The van der Waals surface area contributed by atoms with Gasteiger partial charge in [0, 0.05) is 12.3 Å². The first-order valence-electron chi connectivity index (χ1n) is 5.68. The van der Waals surface area contributed by atoms with Crippen molar-refractivity contribution in [1.82, 2.24) is 0 Å². The first kappa shape index (κ1) is 13.5. The fourth-order valence-electron chi connectivity index (χ4n) is 1.76. The van der Waals surface area contributed by atoms with Crippen molar-refractivity contribution in [2.75, 3.05) is 18.9 Å². The van der Waals surface area contributed by atoms with E-state index in [1.54, 1.807) is 32.0 Å². The van der Waals surface area contributed by atoms with E-state index < -0.39 is 5.41 Å². The number of aliphatic hydroxyl groups excluding tert-OH is 1. The molecule has 17 heavy (non-hydrogen) atoms. The molecule has 4 nitrogen and oxygen atoms in total. The molecule has 1 aromatic rings. The van der Waals surface area contributed by atoms with Crippen molar-refractivity contribution in [2.24, 2.45) is 0 Å². The van der Waals surface area contributed by atoms with Crippen LogP contribution in [0.1, 0.15) is 25.8 Å². The summed E-state index contributed by atoms with van der Waals surface area (Å²) in [6, 6.07) is 7.11. The van der Waals surface area contributed by atoms with Crippen LogP contribution in [-0.2, 0) is 14.9 Å². The molecule has 1 aromatic carbocycles. The lowest BCUT2D eigenvalue weighted by molar-refractivity contribution is -0.150. The Labute approximate surface area is 101 Å². The van der Waals surface area contributed by atoms with Crippen molar-refractivity contribution >= 4 is 11.7 Å². The van der Waals surface area contributed by atoms with Gasteiger partial charge in [0.15, 0.2) is 0 Å². The number of nitrogens with two attached hydrogens (primary N) is 1. The number of hydrogen-bond donors (Lipinski definition) is 2. The number of rotatable bonds is 5. The highest BCUT2D eigenvalue weighted by Gasteiger charge is 2.36. The molecule has 0 aliphatic heterocycles. The summed E-state index contributed by atoms with van der Waals surface area (Å²) in [5.74, 6) is -0.334. The van der Waals surface area contributed by atoms with Crippen molar-refractivity contribution in [3.63, 3.8) is 0 Å². The van der Waals surface area contributed by atoms with E-state index in [0.717, 1.165) is 5.56 Å². The monoisotopic (exact) mass is 237 g/mol. The van der Waals surface area contributed by atoms with Crippen LogP contribution in [0.25, 0.3) is 0 Å². The molecule has 0 aliphatic rings. The minimum atomic E-state index is -0.847. The first-order chi connectivity index (χ1) is 8.04. The number of esters is 1. The SMILES string of the molecule is CCOC(=O)C(C)(CCO)c1cccc(N)c1. The minimum Gasteiger partial charge on any atom is -0.465 e. The summed E-state index contributed by atoms with van der Waals surface area (Å²) in [6.45, 7) is 3.76. The molecule has 0 heterocycles. The molecule has 0 radical (unpaired) electrons. The van der Waals surface area contributed by atoms with E-state index in [1.807, 2.05) is 6.07 Å². The third kappa shape index (κ3) is 2.97. The average Bonchev–Trinajstić information content (AvgIpc) is 2.29. The van der Waals surface area contributed by atoms with E-state index >= 15 is 0 Å². The Hall–Kier alpha value is -1.55. The van der Waals surface area contributed by atoms with Crippen molar-refractivity contribution in [2.45, 2.75) is 25.7 Å². The fraction of sp³-hybridized carbons (Fsp3) is 0.462. The van der Waals surface area contributed by atoms with Gasteiger partial charge in [-0.25, -0.2) is 0 Å². The van der Waals surface area contributed by atoms with Gasteiger partial charge in [-0.15, -0.1) is 0 Å². The summed E-state index contributed by atoms with van der Waals surface area (Å²) < 4.78 is 5.06. The zero-order valence-corrected chi connectivity index (χ0v) is 10.3. The minimum absolute atomic E-state index is 0.0793. The Bertz CT molecular complexity index is 392. The highest BCUT2D eigenvalue weighted by Crippen LogP contribution is 2.30. The molecular weight excluding hydrogens is 218 g/mol. The maximum Gasteiger partial charge on any atom is 0.316 e. The van der Waals surface area contributed by atoms with Gasteiger partial charge in [-0.3, -0.25) is 4.79 Å². The predicted molar refractivity (Wildman–Crippen MR) is 66.5 cm³/mol. The number of ether oxygens (including phenoxy) is 1. The average molecular weight is 237 g/mol. The maximum atomic E-state index is 12.0. The number of carbonyl (C=O) groups excluding carboxylic acids is 1. The Morgan fingerprint density at radius 3 is 2.76 bits per heavy atom. The fourth-order valence-corrected chi connectivity index (χ4v) is 1.76. The quantitative estimate of drug-likeness (QED) is 0.601. The topological polar surface area (TPSA) is 72.5 Å². The molecule has 0 bridgehead atoms. The van der Waals surface area contributed by atoms with Gasteiger partial charge in [0.1, 0.15) is 0 Å². The van der Waals surface area contributed by atoms with Gasteiger partial charge in [0.25, 0.3) is 0 Å². The lowest BCUT2D eigenvalue weighted by Gasteiger charge is -2.27. The largest absolute Gasteiger partial charge is 0.465 e. The highest BCUT2D eigenvalue weighted by molar-refractivity contribution is 5.83. The lowest BCUT2D eigenvalue weighted by atomic mass is 9.79. The smallest absolute Gasteiger partial charge is 0.316 e. The molecule has 0 aliphatic carbocycles. The normalized spacial score (nSPS) is 14.1. The second-order valence-corrected chi connectivity index (χ2v) is 4.15. The van der Waals surface area contributed by atoms with E-state index in [4.69, 9.17) is 15.6 Å². The van der Waals surface area contributed by atoms with Crippen LogP contribution in [0.5, 0.6) is 0 Å². The molecule has 1 rings (SSSR count). The van der Waals surface area contributed by atoms with E-state index in [2.05, 4.69) is 0 Å². The van der Waals surface area contributed by atoms with Crippen LogP contribution in [-0.4, -0.2) is 24.3 Å². The van der Waals surface area contributed by atoms with Crippen LogP contribution in [0.2, 0.25) is 0 Å². The van der Waals surface area contributed by atoms with Crippen LogP contribution in [0.4, 0.5) is 5.69 Å². The summed E-state index contributed by atoms with van der Waals surface area (Å²) in [5, 5.41) is 9.11. The third-order valence-electron chi connectivity index (χ3n) is 2.86. The van der Waals surface area contributed by atoms with Gasteiger partial charge >= 0.3 is 5.97 Å². The van der Waals surface area contributed by atoms with Gasteiger partial charge in [-0.1, -0.05) is 12.1 Å².